The number of nitrogens with zero attached hydrogens (tertiary/aromatic N) is 2. The molecule has 0 bridgehead atoms. The highest BCUT2D eigenvalue weighted by atomic mass is 16.5. The molecule has 2 heterocycles. The average Bonchev–Trinajstić information content (AvgIpc) is 3.24. The summed E-state index contributed by atoms with van der Waals surface area (Å²) in [6, 6.07) is 21.5. The molecule has 8 heteroatoms. The van der Waals surface area contributed by atoms with Crippen LogP contribution in [-0.2, 0) is 20.9 Å². The van der Waals surface area contributed by atoms with Crippen molar-refractivity contribution in [1.29, 1.82) is 0 Å². The lowest BCUT2D eigenvalue weighted by Gasteiger charge is -2.31. The number of aliphatic hydroxyl groups excluding tert-OH is 1. The molecule has 2 aliphatic heterocycles. The van der Waals surface area contributed by atoms with E-state index in [2.05, 4.69) is 11.0 Å². The number of Topliss-reactive ketones (excluding diaryl/α,β-unsaturated/α-hetero) is 1. The number of morpholine rings is 1. The maximum absolute atomic E-state index is 13.4. The van der Waals surface area contributed by atoms with Gasteiger partial charge in [-0.3, -0.25) is 14.5 Å². The number of ether oxygens (including phenoxy) is 3. The smallest absolute Gasteiger partial charge is 0.295 e. The van der Waals surface area contributed by atoms with Crippen LogP contribution in [0.15, 0.2) is 78.4 Å². The summed E-state index contributed by atoms with van der Waals surface area (Å²) in [5.41, 5.74) is 3.41. The van der Waals surface area contributed by atoms with Gasteiger partial charge in [0.15, 0.2) is 0 Å². The van der Waals surface area contributed by atoms with Crippen LogP contribution >= 0.6 is 0 Å². The molecule has 0 aliphatic carbocycles. The molecule has 0 saturated carbocycles. The Labute approximate surface area is 234 Å². The molecule has 40 heavy (non-hydrogen) atoms. The average molecular weight is 543 g/mol. The lowest BCUT2D eigenvalue weighted by atomic mass is 9.95. The van der Waals surface area contributed by atoms with Crippen molar-refractivity contribution in [3.05, 3.63) is 101 Å². The normalized spacial score (nSPS) is 19.1. The number of aryl methyl sites for hydroxylation is 1. The first-order chi connectivity index (χ1) is 19.4. The Morgan fingerprint density at radius 2 is 1.70 bits per heavy atom. The summed E-state index contributed by atoms with van der Waals surface area (Å²) in [7, 11) is 1.57. The van der Waals surface area contributed by atoms with E-state index in [1.54, 1.807) is 48.4 Å². The summed E-state index contributed by atoms with van der Waals surface area (Å²) in [4.78, 5) is 30.4. The number of ketones is 1. The SMILES string of the molecule is COc1cccc([C@@H]2/C(=C(\O)c3ccc(OCc4cccc(C)c4)cc3)C(=O)C(=O)N2CCN2CCOCC2)c1. The molecule has 8 nitrogen and oxygen atoms in total. The zero-order chi connectivity index (χ0) is 28.1. The van der Waals surface area contributed by atoms with E-state index in [9.17, 15) is 14.7 Å². The van der Waals surface area contributed by atoms with Gasteiger partial charge in [-0.1, -0.05) is 42.0 Å². The molecule has 2 aliphatic rings. The number of benzene rings is 3. The number of likely N-dealkylation sites (tertiary alicyclic amines) is 1. The van der Waals surface area contributed by atoms with E-state index in [-0.39, 0.29) is 11.3 Å². The van der Waals surface area contributed by atoms with Gasteiger partial charge in [0.25, 0.3) is 11.7 Å². The van der Waals surface area contributed by atoms with Crippen molar-refractivity contribution >= 4 is 17.4 Å². The maximum Gasteiger partial charge on any atom is 0.295 e. The van der Waals surface area contributed by atoms with Crippen LogP contribution in [0.3, 0.4) is 0 Å². The van der Waals surface area contributed by atoms with Gasteiger partial charge >= 0.3 is 0 Å². The van der Waals surface area contributed by atoms with E-state index in [0.717, 1.165) is 24.2 Å². The molecule has 2 saturated heterocycles. The predicted molar refractivity (Wildman–Crippen MR) is 151 cm³/mol. The topological polar surface area (TPSA) is 88.5 Å². The van der Waals surface area contributed by atoms with Crippen LogP contribution in [0.25, 0.3) is 5.76 Å². The maximum atomic E-state index is 13.4. The van der Waals surface area contributed by atoms with Gasteiger partial charge in [0.05, 0.1) is 31.9 Å². The number of carbonyl (C=O) groups excluding carboxylic acids is 2. The van der Waals surface area contributed by atoms with Gasteiger partial charge in [0, 0.05) is 31.7 Å². The summed E-state index contributed by atoms with van der Waals surface area (Å²) in [5, 5.41) is 11.4. The van der Waals surface area contributed by atoms with Crippen LogP contribution < -0.4 is 9.47 Å². The van der Waals surface area contributed by atoms with Crippen molar-refractivity contribution in [2.45, 2.75) is 19.6 Å². The fraction of sp³-hybridized carbons (Fsp3) is 0.312. The Hall–Kier alpha value is -4.14. The molecule has 1 N–H and O–H groups in total. The fourth-order valence-corrected chi connectivity index (χ4v) is 5.18. The summed E-state index contributed by atoms with van der Waals surface area (Å²) < 4.78 is 16.8. The first-order valence-corrected chi connectivity index (χ1v) is 13.5. The lowest BCUT2D eigenvalue weighted by Crippen LogP contribution is -2.42. The molecule has 3 aromatic carbocycles. The molecule has 3 aromatic rings. The Morgan fingerprint density at radius 3 is 2.42 bits per heavy atom. The number of methoxy groups -OCH3 is 1. The second-order valence-electron chi connectivity index (χ2n) is 10.0. The predicted octanol–water partition coefficient (Wildman–Crippen LogP) is 4.34. The van der Waals surface area contributed by atoms with Gasteiger partial charge in [-0.25, -0.2) is 0 Å². The fourth-order valence-electron chi connectivity index (χ4n) is 5.18. The minimum absolute atomic E-state index is 0.0636. The summed E-state index contributed by atoms with van der Waals surface area (Å²) in [5.74, 6) is -0.308. The van der Waals surface area contributed by atoms with Gasteiger partial charge < -0.3 is 24.2 Å². The van der Waals surface area contributed by atoms with E-state index in [1.165, 1.54) is 0 Å². The van der Waals surface area contributed by atoms with Crippen molar-refractivity contribution in [3.63, 3.8) is 0 Å². The third-order valence-corrected chi connectivity index (χ3v) is 7.33. The highest BCUT2D eigenvalue weighted by molar-refractivity contribution is 6.46. The van der Waals surface area contributed by atoms with Crippen LogP contribution in [0.5, 0.6) is 11.5 Å². The van der Waals surface area contributed by atoms with E-state index in [4.69, 9.17) is 14.2 Å². The first-order valence-electron chi connectivity index (χ1n) is 13.5. The molecule has 0 aromatic heterocycles. The standard InChI is InChI=1S/C32H34N2O6/c1-22-5-3-6-23(19-22)21-40-26-11-9-24(10-12-26)30(35)28-29(25-7-4-8-27(20-25)38-2)34(32(37)31(28)36)14-13-33-15-17-39-18-16-33/h3-12,19-20,29,35H,13-18,21H2,1-2H3/b30-28+/t29-/m1/s1. The third kappa shape index (κ3) is 6.03. The number of amides is 1. The molecule has 1 amide bonds. The third-order valence-electron chi connectivity index (χ3n) is 7.33. The van der Waals surface area contributed by atoms with Crippen LogP contribution in [0.2, 0.25) is 0 Å². The summed E-state index contributed by atoms with van der Waals surface area (Å²) >= 11 is 0. The van der Waals surface area contributed by atoms with Gasteiger partial charge in [-0.15, -0.1) is 0 Å². The number of aliphatic hydroxyl groups is 1. The quantitative estimate of drug-likeness (QED) is 0.245. The Morgan fingerprint density at radius 1 is 0.950 bits per heavy atom. The van der Waals surface area contributed by atoms with Crippen molar-refractivity contribution in [1.82, 2.24) is 9.80 Å². The molecule has 2 fully saturated rings. The van der Waals surface area contributed by atoms with E-state index in [0.29, 0.717) is 55.5 Å². The summed E-state index contributed by atoms with van der Waals surface area (Å²) in [6.07, 6.45) is 0. The van der Waals surface area contributed by atoms with Gasteiger partial charge in [-0.05, 0) is 54.4 Å². The Bertz CT molecular complexity index is 1390. The lowest BCUT2D eigenvalue weighted by molar-refractivity contribution is -0.140. The van der Waals surface area contributed by atoms with Crippen LogP contribution in [0, 0.1) is 6.92 Å². The van der Waals surface area contributed by atoms with Crippen molar-refractivity contribution < 1.29 is 28.9 Å². The number of carbonyl (C=O) groups is 2. The molecular formula is C32H34N2O6. The van der Waals surface area contributed by atoms with Crippen molar-refractivity contribution in [3.8, 4) is 11.5 Å². The molecule has 5 rings (SSSR count). The summed E-state index contributed by atoms with van der Waals surface area (Å²) in [6.45, 7) is 6.21. The molecule has 208 valence electrons. The molecule has 0 radical (unpaired) electrons. The molecule has 1 atom stereocenters. The second-order valence-corrected chi connectivity index (χ2v) is 10.0. The highest BCUT2D eigenvalue weighted by Crippen LogP contribution is 2.40. The number of hydrogen-bond donors (Lipinski definition) is 1. The number of hydrogen-bond acceptors (Lipinski definition) is 7. The van der Waals surface area contributed by atoms with E-state index >= 15 is 0 Å². The Kier molecular flexibility index (Phi) is 8.48. The van der Waals surface area contributed by atoms with E-state index < -0.39 is 17.7 Å². The Balaban J connectivity index is 1.42. The minimum Gasteiger partial charge on any atom is -0.507 e. The number of rotatable bonds is 9. The largest absolute Gasteiger partial charge is 0.507 e. The van der Waals surface area contributed by atoms with Crippen molar-refractivity contribution in [2.75, 3.05) is 46.5 Å². The van der Waals surface area contributed by atoms with Gasteiger partial charge in [0.2, 0.25) is 0 Å². The van der Waals surface area contributed by atoms with Crippen LogP contribution in [-0.4, -0.2) is 73.1 Å². The highest BCUT2D eigenvalue weighted by Gasteiger charge is 2.46. The zero-order valence-corrected chi connectivity index (χ0v) is 22.8. The van der Waals surface area contributed by atoms with Crippen LogP contribution in [0.4, 0.5) is 0 Å². The van der Waals surface area contributed by atoms with E-state index in [1.807, 2.05) is 37.3 Å². The molecule has 0 unspecified atom stereocenters. The van der Waals surface area contributed by atoms with Crippen molar-refractivity contribution in [2.24, 2.45) is 0 Å². The minimum atomic E-state index is -0.742. The molecular weight excluding hydrogens is 508 g/mol. The molecule has 0 spiro atoms. The van der Waals surface area contributed by atoms with Gasteiger partial charge in [0.1, 0.15) is 23.9 Å². The first kappa shape index (κ1) is 27.4. The monoisotopic (exact) mass is 542 g/mol. The second kappa shape index (κ2) is 12.4. The van der Waals surface area contributed by atoms with Crippen LogP contribution in [0.1, 0.15) is 28.3 Å². The zero-order valence-electron chi connectivity index (χ0n) is 22.8. The van der Waals surface area contributed by atoms with Gasteiger partial charge in [-0.2, -0.15) is 0 Å².